The highest BCUT2D eigenvalue weighted by Gasteiger charge is 2.15. The highest BCUT2D eigenvalue weighted by Crippen LogP contribution is 2.14. The SMILES string of the molecule is Cc1nc2c(cnn2-c2ccccc2)c(=O)n1CCC(=O)NCCc1ccc(S(N)(=O)=O)cc1. The van der Waals surface area contributed by atoms with E-state index in [9.17, 15) is 18.0 Å². The van der Waals surface area contributed by atoms with Crippen LogP contribution < -0.4 is 16.0 Å². The molecule has 0 aliphatic carbocycles. The summed E-state index contributed by atoms with van der Waals surface area (Å²) >= 11 is 0. The summed E-state index contributed by atoms with van der Waals surface area (Å²) in [5.74, 6) is 0.297. The predicted octanol–water partition coefficient (Wildman–Crippen LogP) is 1.29. The maximum absolute atomic E-state index is 13.0. The molecule has 0 saturated heterocycles. The fourth-order valence-electron chi connectivity index (χ4n) is 3.62. The third-order valence-electron chi connectivity index (χ3n) is 5.43. The topological polar surface area (TPSA) is 142 Å². The summed E-state index contributed by atoms with van der Waals surface area (Å²) in [4.78, 5) is 29.9. The van der Waals surface area contributed by atoms with Gasteiger partial charge in [0.05, 0.1) is 16.8 Å². The van der Waals surface area contributed by atoms with E-state index in [0.29, 0.717) is 29.8 Å². The van der Waals surface area contributed by atoms with Crippen LogP contribution >= 0.6 is 0 Å². The zero-order chi connectivity index (χ0) is 24.3. The minimum absolute atomic E-state index is 0.0426. The summed E-state index contributed by atoms with van der Waals surface area (Å²) < 4.78 is 25.7. The van der Waals surface area contributed by atoms with Crippen molar-refractivity contribution in [2.24, 2.45) is 5.14 Å². The molecule has 0 aliphatic heterocycles. The smallest absolute Gasteiger partial charge is 0.264 e. The van der Waals surface area contributed by atoms with Crippen molar-refractivity contribution < 1.29 is 13.2 Å². The number of nitrogens with two attached hydrogens (primary N) is 1. The van der Waals surface area contributed by atoms with Crippen molar-refractivity contribution in [3.05, 3.63) is 82.5 Å². The van der Waals surface area contributed by atoms with Crippen LogP contribution in [0.4, 0.5) is 0 Å². The molecule has 34 heavy (non-hydrogen) atoms. The lowest BCUT2D eigenvalue weighted by Crippen LogP contribution is -2.30. The number of fused-ring (bicyclic) bond motifs is 1. The minimum atomic E-state index is -3.73. The largest absolute Gasteiger partial charge is 0.356 e. The summed E-state index contributed by atoms with van der Waals surface area (Å²) in [5.41, 5.74) is 1.90. The van der Waals surface area contributed by atoms with Gasteiger partial charge in [0, 0.05) is 19.5 Å². The highest BCUT2D eigenvalue weighted by atomic mass is 32.2. The van der Waals surface area contributed by atoms with Crippen LogP contribution in [0.2, 0.25) is 0 Å². The Morgan fingerprint density at radius 3 is 2.47 bits per heavy atom. The lowest BCUT2D eigenvalue weighted by Gasteiger charge is -2.11. The molecule has 0 radical (unpaired) electrons. The molecule has 3 N–H and O–H groups in total. The summed E-state index contributed by atoms with van der Waals surface area (Å²) in [5, 5.41) is 12.6. The minimum Gasteiger partial charge on any atom is -0.356 e. The summed E-state index contributed by atoms with van der Waals surface area (Å²) in [7, 11) is -3.73. The van der Waals surface area contributed by atoms with Gasteiger partial charge in [0.2, 0.25) is 15.9 Å². The summed E-state index contributed by atoms with van der Waals surface area (Å²) in [6.07, 6.45) is 2.14. The van der Waals surface area contributed by atoms with Crippen molar-refractivity contribution >= 4 is 27.0 Å². The quantitative estimate of drug-likeness (QED) is 0.389. The molecule has 0 atom stereocenters. The molecular formula is C23H24N6O4S. The molecule has 11 heteroatoms. The summed E-state index contributed by atoms with van der Waals surface area (Å²) in [6, 6.07) is 15.6. The molecule has 2 aromatic carbocycles. The number of sulfonamides is 1. The van der Waals surface area contributed by atoms with Gasteiger partial charge < -0.3 is 5.32 Å². The number of nitrogens with zero attached hydrogens (tertiary/aromatic N) is 4. The number of rotatable bonds is 8. The fourth-order valence-corrected chi connectivity index (χ4v) is 4.14. The van der Waals surface area contributed by atoms with E-state index < -0.39 is 10.0 Å². The van der Waals surface area contributed by atoms with Crippen molar-refractivity contribution in [2.75, 3.05) is 6.54 Å². The first kappa shape index (κ1) is 23.3. The van der Waals surface area contributed by atoms with E-state index in [-0.39, 0.29) is 29.3 Å². The van der Waals surface area contributed by atoms with Crippen LogP contribution in [-0.2, 0) is 27.8 Å². The van der Waals surface area contributed by atoms with E-state index in [1.165, 1.54) is 22.9 Å². The lowest BCUT2D eigenvalue weighted by atomic mass is 10.1. The van der Waals surface area contributed by atoms with Crippen LogP contribution in [-0.4, -0.2) is 40.2 Å². The third kappa shape index (κ3) is 5.05. The Bertz CT molecular complexity index is 1490. The highest BCUT2D eigenvalue weighted by molar-refractivity contribution is 7.89. The van der Waals surface area contributed by atoms with Gasteiger partial charge in [-0.15, -0.1) is 0 Å². The van der Waals surface area contributed by atoms with Crippen LogP contribution in [0.5, 0.6) is 0 Å². The number of aromatic nitrogens is 4. The monoisotopic (exact) mass is 480 g/mol. The van der Waals surface area contributed by atoms with Gasteiger partial charge in [-0.3, -0.25) is 14.2 Å². The molecule has 2 aromatic heterocycles. The zero-order valence-electron chi connectivity index (χ0n) is 18.5. The molecule has 0 spiro atoms. The van der Waals surface area contributed by atoms with Gasteiger partial charge in [0.15, 0.2) is 5.65 Å². The Kier molecular flexibility index (Phi) is 6.57. The second kappa shape index (κ2) is 9.57. The van der Waals surface area contributed by atoms with Gasteiger partial charge in [-0.2, -0.15) is 5.10 Å². The fraction of sp³-hybridized carbons (Fsp3) is 0.217. The molecule has 1 amide bonds. The first-order valence-electron chi connectivity index (χ1n) is 10.6. The van der Waals surface area contributed by atoms with E-state index in [1.807, 2.05) is 30.3 Å². The van der Waals surface area contributed by atoms with Crippen molar-refractivity contribution in [2.45, 2.75) is 31.2 Å². The molecule has 0 aliphatic rings. The standard InChI is InChI=1S/C23H24N6O4S/c1-16-27-22-20(15-26-29(22)18-5-3-2-4-6-18)23(31)28(16)14-12-21(30)25-13-11-17-7-9-19(10-8-17)34(24,32)33/h2-10,15H,11-14H2,1H3,(H,25,30)(H2,24,32,33). The van der Waals surface area contributed by atoms with Crippen LogP contribution in [0.1, 0.15) is 17.8 Å². The van der Waals surface area contributed by atoms with Crippen molar-refractivity contribution in [1.82, 2.24) is 24.6 Å². The van der Waals surface area contributed by atoms with E-state index in [2.05, 4.69) is 15.4 Å². The molecule has 4 rings (SSSR count). The number of carbonyl (C=O) groups is 1. The molecule has 0 bridgehead atoms. The number of hydrogen-bond donors (Lipinski definition) is 2. The van der Waals surface area contributed by atoms with E-state index in [0.717, 1.165) is 11.3 Å². The van der Waals surface area contributed by atoms with Crippen molar-refractivity contribution in [3.8, 4) is 5.69 Å². The average molecular weight is 481 g/mol. The van der Waals surface area contributed by atoms with Crippen molar-refractivity contribution in [3.63, 3.8) is 0 Å². The molecule has 0 saturated carbocycles. The van der Waals surface area contributed by atoms with Crippen LogP contribution in [0.25, 0.3) is 16.7 Å². The van der Waals surface area contributed by atoms with E-state index in [1.54, 1.807) is 23.7 Å². The maximum Gasteiger partial charge on any atom is 0.264 e. The average Bonchev–Trinajstić information content (AvgIpc) is 3.23. The number of hydrogen-bond acceptors (Lipinski definition) is 6. The molecule has 4 aromatic rings. The summed E-state index contributed by atoms with van der Waals surface area (Å²) in [6.45, 7) is 2.30. The first-order chi connectivity index (χ1) is 16.2. The molecule has 2 heterocycles. The second-order valence-electron chi connectivity index (χ2n) is 7.78. The number of primary sulfonamides is 1. The van der Waals surface area contributed by atoms with Crippen LogP contribution in [0.15, 0.2) is 70.5 Å². The third-order valence-corrected chi connectivity index (χ3v) is 6.36. The van der Waals surface area contributed by atoms with Crippen LogP contribution in [0, 0.1) is 6.92 Å². The lowest BCUT2D eigenvalue weighted by molar-refractivity contribution is -0.121. The number of benzene rings is 2. The van der Waals surface area contributed by atoms with Gasteiger partial charge in [-0.05, 0) is 43.2 Å². The Hall–Kier alpha value is -3.83. The van der Waals surface area contributed by atoms with Gasteiger partial charge >= 0.3 is 0 Å². The zero-order valence-corrected chi connectivity index (χ0v) is 19.3. The normalized spacial score (nSPS) is 11.6. The molecule has 176 valence electrons. The Labute approximate surface area is 196 Å². The number of aryl methyl sites for hydroxylation is 1. The Morgan fingerprint density at radius 2 is 1.79 bits per heavy atom. The van der Waals surface area contributed by atoms with Gasteiger partial charge in [0.25, 0.3) is 5.56 Å². The van der Waals surface area contributed by atoms with E-state index in [4.69, 9.17) is 5.14 Å². The van der Waals surface area contributed by atoms with Gasteiger partial charge in [-0.1, -0.05) is 30.3 Å². The second-order valence-corrected chi connectivity index (χ2v) is 9.35. The number of para-hydroxylation sites is 1. The molecule has 0 unspecified atom stereocenters. The van der Waals surface area contributed by atoms with Gasteiger partial charge in [0.1, 0.15) is 11.2 Å². The molecule has 10 nitrogen and oxygen atoms in total. The Balaban J connectivity index is 1.37. The Morgan fingerprint density at radius 1 is 1.09 bits per heavy atom. The number of carbonyl (C=O) groups excluding carboxylic acids is 1. The van der Waals surface area contributed by atoms with E-state index >= 15 is 0 Å². The molecule has 0 fully saturated rings. The predicted molar refractivity (Wildman–Crippen MR) is 127 cm³/mol. The first-order valence-corrected chi connectivity index (χ1v) is 12.2. The number of nitrogens with one attached hydrogen (secondary N) is 1. The van der Waals surface area contributed by atoms with Crippen LogP contribution in [0.3, 0.4) is 0 Å². The number of amides is 1. The molecular weight excluding hydrogens is 456 g/mol. The van der Waals surface area contributed by atoms with Crippen molar-refractivity contribution in [1.29, 1.82) is 0 Å². The maximum atomic E-state index is 13.0. The van der Waals surface area contributed by atoms with Gasteiger partial charge in [-0.25, -0.2) is 23.2 Å².